The maximum absolute atomic E-state index is 14.2. The fraction of sp³-hybridized carbons (Fsp3) is 0.600. The minimum Gasteiger partial charge on any atom is -0.493 e. The van der Waals surface area contributed by atoms with Gasteiger partial charge < -0.3 is 29.2 Å². The van der Waals surface area contributed by atoms with Gasteiger partial charge in [-0.3, -0.25) is 29.7 Å². The molecule has 0 amide bonds. The highest BCUT2D eigenvalue weighted by Crippen LogP contribution is 2.53. The molecule has 10 atom stereocenters. The van der Waals surface area contributed by atoms with Crippen LogP contribution in [0, 0.1) is 23.7 Å². The molecule has 53 heavy (non-hydrogen) atoms. The Hall–Kier alpha value is -3.39. The van der Waals surface area contributed by atoms with E-state index in [0.717, 1.165) is 49.4 Å². The number of rotatable bonds is 8. The van der Waals surface area contributed by atoms with Gasteiger partial charge in [-0.15, -0.1) is 0 Å². The Morgan fingerprint density at radius 1 is 1.13 bits per heavy atom. The molecule has 2 aliphatic carbocycles. The van der Waals surface area contributed by atoms with Gasteiger partial charge in [-0.1, -0.05) is 49.7 Å². The monoisotopic (exact) mass is 753 g/mol. The molecule has 1 saturated carbocycles. The van der Waals surface area contributed by atoms with Gasteiger partial charge in [0.1, 0.15) is 17.2 Å². The van der Waals surface area contributed by atoms with E-state index in [-0.39, 0.29) is 30.1 Å². The number of hydrogen-bond donors (Lipinski definition) is 3. The van der Waals surface area contributed by atoms with Crippen LogP contribution in [0.4, 0.5) is 5.69 Å². The largest absolute Gasteiger partial charge is 0.493 e. The number of nitrogens with zero attached hydrogens (tertiary/aromatic N) is 2. The Bertz CT molecular complexity index is 1790. The summed E-state index contributed by atoms with van der Waals surface area (Å²) in [5, 5.41) is 29.9. The van der Waals surface area contributed by atoms with E-state index >= 15 is 0 Å². The van der Waals surface area contributed by atoms with Crippen molar-refractivity contribution in [1.82, 2.24) is 10.2 Å². The Labute approximate surface area is 316 Å². The van der Waals surface area contributed by atoms with Crippen molar-refractivity contribution < 1.29 is 43.6 Å². The van der Waals surface area contributed by atoms with Crippen LogP contribution in [-0.4, -0.2) is 91.5 Å². The smallest absolute Gasteiger partial charge is 0.323 e. The Morgan fingerprint density at radius 3 is 2.62 bits per heavy atom. The highest BCUT2D eigenvalue weighted by Gasteiger charge is 2.62. The summed E-state index contributed by atoms with van der Waals surface area (Å²) >= 11 is 6.48. The molecule has 0 bridgehead atoms. The quantitative estimate of drug-likeness (QED) is 0.258. The number of esters is 2. The number of hydrogen-bond acceptors (Lipinski definition) is 12. The van der Waals surface area contributed by atoms with Crippen LogP contribution in [0.2, 0.25) is 5.02 Å². The molecule has 13 heteroatoms. The SMILES string of the molecule is COc1ccc2c(c1OC)CN(CC(C)[C@@H]1CC[C@@H](C)[C@@]3(O)[C@@H]1C=C(C)[C@@H](OC(C)=O)[C@@H]3OC(=O)[C@@H]1C[C@@]3(O)c4cccc(Cl)c4N(C)O[C@H]3N1)CC2. The first-order chi connectivity index (χ1) is 25.2. The molecule has 1 saturated heterocycles. The molecular formula is C40H52ClN3O9. The van der Waals surface area contributed by atoms with E-state index in [0.29, 0.717) is 28.4 Å². The van der Waals surface area contributed by atoms with Crippen molar-refractivity contribution in [1.29, 1.82) is 0 Å². The van der Waals surface area contributed by atoms with Crippen molar-refractivity contribution in [2.45, 2.75) is 95.6 Å². The van der Waals surface area contributed by atoms with Crippen LogP contribution in [-0.2, 0) is 42.5 Å². The average molecular weight is 754 g/mol. The fourth-order valence-electron chi connectivity index (χ4n) is 9.88. The third-order valence-corrected chi connectivity index (χ3v) is 12.9. The lowest BCUT2D eigenvalue weighted by molar-refractivity contribution is -0.225. The van der Waals surface area contributed by atoms with E-state index in [1.165, 1.54) is 17.6 Å². The molecule has 2 fully saturated rings. The van der Waals surface area contributed by atoms with Gasteiger partial charge in [0.2, 0.25) is 0 Å². The molecular weight excluding hydrogens is 702 g/mol. The number of fused-ring (bicyclic) bond motifs is 5. The van der Waals surface area contributed by atoms with Gasteiger partial charge in [0.15, 0.2) is 29.9 Å². The van der Waals surface area contributed by atoms with E-state index in [1.54, 1.807) is 39.5 Å². The molecule has 0 spiro atoms. The molecule has 3 heterocycles. The number of carbonyl (C=O) groups excluding carboxylic acids is 2. The normalized spacial score (nSPS) is 34.1. The number of halogens is 1. The van der Waals surface area contributed by atoms with Crippen LogP contribution < -0.4 is 19.9 Å². The average Bonchev–Trinajstić information content (AvgIpc) is 3.47. The summed E-state index contributed by atoms with van der Waals surface area (Å²) in [6.07, 6.45) is 1.35. The molecule has 0 radical (unpaired) electrons. The number of para-hydroxylation sites is 1. The lowest BCUT2D eigenvalue weighted by Gasteiger charge is -2.56. The number of aliphatic hydroxyl groups is 2. The van der Waals surface area contributed by atoms with Crippen molar-refractivity contribution in [3.05, 3.63) is 63.7 Å². The summed E-state index contributed by atoms with van der Waals surface area (Å²) in [5.74, 6) is -0.157. The number of methoxy groups -OCH3 is 2. The van der Waals surface area contributed by atoms with Gasteiger partial charge in [-0.25, -0.2) is 0 Å². The van der Waals surface area contributed by atoms with Crippen molar-refractivity contribution in [2.75, 3.05) is 39.4 Å². The van der Waals surface area contributed by atoms with Crippen molar-refractivity contribution in [3.8, 4) is 11.5 Å². The Kier molecular flexibility index (Phi) is 10.3. The van der Waals surface area contributed by atoms with Crippen molar-refractivity contribution in [3.63, 3.8) is 0 Å². The predicted octanol–water partition coefficient (Wildman–Crippen LogP) is 4.51. The van der Waals surface area contributed by atoms with E-state index in [9.17, 15) is 19.8 Å². The molecule has 0 aromatic heterocycles. The first-order valence-corrected chi connectivity index (χ1v) is 19.0. The van der Waals surface area contributed by atoms with Gasteiger partial charge >= 0.3 is 11.9 Å². The highest BCUT2D eigenvalue weighted by atomic mass is 35.5. The second-order valence-electron chi connectivity index (χ2n) is 15.7. The minimum atomic E-state index is -1.57. The van der Waals surface area contributed by atoms with Crippen molar-refractivity contribution >= 4 is 29.2 Å². The van der Waals surface area contributed by atoms with Crippen LogP contribution in [0.15, 0.2) is 42.0 Å². The summed E-state index contributed by atoms with van der Waals surface area (Å²) in [5.41, 5.74) is 1.07. The van der Waals surface area contributed by atoms with Crippen LogP contribution in [0.3, 0.4) is 0 Å². The first kappa shape index (κ1) is 37.9. The number of ether oxygens (including phenoxy) is 4. The lowest BCUT2D eigenvalue weighted by Crippen LogP contribution is -2.66. The first-order valence-electron chi connectivity index (χ1n) is 18.6. The van der Waals surface area contributed by atoms with E-state index in [4.69, 9.17) is 35.4 Å². The van der Waals surface area contributed by atoms with Crippen molar-refractivity contribution in [2.24, 2.45) is 23.7 Å². The minimum absolute atomic E-state index is 0.0514. The second-order valence-corrected chi connectivity index (χ2v) is 16.1. The zero-order chi connectivity index (χ0) is 38.0. The second kappa shape index (κ2) is 14.4. The number of hydroxylamine groups is 1. The Morgan fingerprint density at radius 2 is 1.91 bits per heavy atom. The molecule has 3 aliphatic heterocycles. The van der Waals surface area contributed by atoms with E-state index in [2.05, 4.69) is 23.2 Å². The van der Waals surface area contributed by atoms with Crippen LogP contribution in [0.25, 0.3) is 0 Å². The van der Waals surface area contributed by atoms with E-state index < -0.39 is 47.6 Å². The molecule has 3 N–H and O–H groups in total. The van der Waals surface area contributed by atoms with Gasteiger partial charge in [-0.05, 0) is 67.2 Å². The molecule has 2 aromatic carbocycles. The Balaban J connectivity index is 1.14. The number of benzene rings is 2. The molecule has 1 unspecified atom stereocenters. The number of anilines is 1. The summed E-state index contributed by atoms with van der Waals surface area (Å²) in [6, 6.07) is 8.32. The maximum Gasteiger partial charge on any atom is 0.323 e. The van der Waals surface area contributed by atoms with Crippen LogP contribution in [0.1, 0.15) is 63.6 Å². The molecule has 2 aromatic rings. The fourth-order valence-corrected chi connectivity index (χ4v) is 10.2. The number of carbonyl (C=O) groups is 2. The zero-order valence-electron chi connectivity index (χ0n) is 31.6. The number of nitrogens with one attached hydrogen (secondary N) is 1. The third kappa shape index (κ3) is 6.38. The molecule has 12 nitrogen and oxygen atoms in total. The van der Waals surface area contributed by atoms with Gasteiger partial charge in [0.05, 0.1) is 24.9 Å². The summed E-state index contributed by atoms with van der Waals surface area (Å²) < 4.78 is 23.5. The molecule has 7 rings (SSSR count). The predicted molar refractivity (Wildman–Crippen MR) is 197 cm³/mol. The van der Waals surface area contributed by atoms with Gasteiger partial charge in [0, 0.05) is 57.1 Å². The van der Waals surface area contributed by atoms with E-state index in [1.807, 2.05) is 26.0 Å². The van der Waals surface area contributed by atoms with Gasteiger partial charge in [0.25, 0.3) is 0 Å². The highest BCUT2D eigenvalue weighted by molar-refractivity contribution is 6.33. The van der Waals surface area contributed by atoms with Gasteiger partial charge in [-0.2, -0.15) is 0 Å². The topological polar surface area (TPSA) is 139 Å². The van der Waals surface area contributed by atoms with Crippen LogP contribution in [0.5, 0.6) is 11.5 Å². The lowest BCUT2D eigenvalue weighted by atomic mass is 9.55. The standard InChI is InChI=1S/C40H52ClN3O9/c1-21-17-29-26(22(2)19-44-16-15-25-12-14-32(49-6)35(50-7)27(25)20-44)13-11-23(3)40(29,48)36(34(21)51-24(4)45)52-37(46)31-18-39(47)28-9-8-10-30(41)33(28)43(5)53-38(39)42-31/h8-10,12,14,17,22-23,26,29,31,34,36,38,42,47-48H,11,13,15-16,18-20H2,1-7H3/t22?,23-,26+,29-,31+,34-,36+,38-,39-,40-/m1/s1. The molecule has 5 aliphatic rings. The zero-order valence-corrected chi connectivity index (χ0v) is 32.3. The third-order valence-electron chi connectivity index (χ3n) is 12.6. The summed E-state index contributed by atoms with van der Waals surface area (Å²) in [7, 11) is 5.01. The summed E-state index contributed by atoms with van der Waals surface area (Å²) in [6.45, 7) is 9.80. The van der Waals surface area contributed by atoms with Crippen LogP contribution >= 0.6 is 11.6 Å². The maximum atomic E-state index is 14.2. The summed E-state index contributed by atoms with van der Waals surface area (Å²) in [4.78, 5) is 35.1. The molecule has 288 valence electrons.